The molecule has 1 aliphatic carbocycles. The molecular formula is C10H12N2O4S. The van der Waals surface area contributed by atoms with Gasteiger partial charge in [0.05, 0.1) is 5.41 Å². The average molecular weight is 256 g/mol. The third kappa shape index (κ3) is 2.45. The summed E-state index contributed by atoms with van der Waals surface area (Å²) in [5.74, 6) is -0.952. The molecule has 0 spiro atoms. The van der Waals surface area contributed by atoms with Crippen LogP contribution in [-0.2, 0) is 14.8 Å². The molecule has 1 heterocycles. The van der Waals surface area contributed by atoms with E-state index in [1.807, 2.05) is 0 Å². The SMILES string of the molecule is O=C(O)C1(CNS(=O)(=O)c2cccnc2)CC1. The number of carboxylic acids is 1. The zero-order chi connectivity index (χ0) is 12.5. The Balaban J connectivity index is 2.07. The van der Waals surface area contributed by atoms with E-state index < -0.39 is 21.4 Å². The lowest BCUT2D eigenvalue weighted by atomic mass is 10.1. The molecule has 2 rings (SSSR count). The molecule has 17 heavy (non-hydrogen) atoms. The van der Waals surface area contributed by atoms with Crippen LogP contribution in [0, 0.1) is 5.41 Å². The number of hydrogen-bond acceptors (Lipinski definition) is 4. The maximum atomic E-state index is 11.8. The molecule has 1 aromatic heterocycles. The molecule has 0 aromatic carbocycles. The van der Waals surface area contributed by atoms with Crippen LogP contribution in [0.4, 0.5) is 0 Å². The molecule has 0 aliphatic heterocycles. The van der Waals surface area contributed by atoms with Gasteiger partial charge >= 0.3 is 5.97 Å². The highest BCUT2D eigenvalue weighted by atomic mass is 32.2. The van der Waals surface area contributed by atoms with Crippen molar-refractivity contribution in [2.45, 2.75) is 17.7 Å². The number of carboxylic acid groups (broad SMARTS) is 1. The van der Waals surface area contributed by atoms with Crippen molar-refractivity contribution in [3.05, 3.63) is 24.5 Å². The fraction of sp³-hybridized carbons (Fsp3) is 0.400. The van der Waals surface area contributed by atoms with E-state index in [4.69, 9.17) is 5.11 Å². The van der Waals surface area contributed by atoms with E-state index in [1.54, 1.807) is 0 Å². The lowest BCUT2D eigenvalue weighted by Crippen LogP contribution is -2.34. The van der Waals surface area contributed by atoms with E-state index in [0.717, 1.165) is 0 Å². The third-order valence-electron chi connectivity index (χ3n) is 2.85. The van der Waals surface area contributed by atoms with Crippen LogP contribution < -0.4 is 4.72 Å². The summed E-state index contributed by atoms with van der Waals surface area (Å²) >= 11 is 0. The van der Waals surface area contributed by atoms with Gasteiger partial charge in [-0.3, -0.25) is 9.78 Å². The van der Waals surface area contributed by atoms with Gasteiger partial charge in [0.2, 0.25) is 10.0 Å². The van der Waals surface area contributed by atoms with Crippen molar-refractivity contribution < 1.29 is 18.3 Å². The molecule has 1 aliphatic rings. The number of aliphatic carboxylic acids is 1. The van der Waals surface area contributed by atoms with Crippen molar-refractivity contribution >= 4 is 16.0 Å². The van der Waals surface area contributed by atoms with E-state index in [-0.39, 0.29) is 11.4 Å². The van der Waals surface area contributed by atoms with Crippen molar-refractivity contribution in [2.75, 3.05) is 6.54 Å². The van der Waals surface area contributed by atoms with Gasteiger partial charge in [0.15, 0.2) is 0 Å². The molecule has 0 radical (unpaired) electrons. The number of nitrogens with zero attached hydrogens (tertiary/aromatic N) is 1. The van der Waals surface area contributed by atoms with Gasteiger partial charge in [0.25, 0.3) is 0 Å². The van der Waals surface area contributed by atoms with Crippen molar-refractivity contribution in [2.24, 2.45) is 5.41 Å². The van der Waals surface area contributed by atoms with E-state index in [1.165, 1.54) is 24.5 Å². The maximum Gasteiger partial charge on any atom is 0.310 e. The van der Waals surface area contributed by atoms with E-state index in [9.17, 15) is 13.2 Å². The van der Waals surface area contributed by atoms with Gasteiger partial charge in [-0.05, 0) is 25.0 Å². The van der Waals surface area contributed by atoms with Gasteiger partial charge in [0.1, 0.15) is 4.90 Å². The zero-order valence-corrected chi connectivity index (χ0v) is 9.77. The van der Waals surface area contributed by atoms with E-state index in [2.05, 4.69) is 9.71 Å². The summed E-state index contributed by atoms with van der Waals surface area (Å²) in [7, 11) is -3.66. The largest absolute Gasteiger partial charge is 0.481 e. The van der Waals surface area contributed by atoms with Gasteiger partial charge < -0.3 is 5.11 Å². The van der Waals surface area contributed by atoms with Crippen molar-refractivity contribution in [1.82, 2.24) is 9.71 Å². The topological polar surface area (TPSA) is 96.4 Å². The van der Waals surface area contributed by atoms with Crippen LogP contribution in [0.3, 0.4) is 0 Å². The summed E-state index contributed by atoms with van der Waals surface area (Å²) in [6.07, 6.45) is 3.72. The molecule has 7 heteroatoms. The van der Waals surface area contributed by atoms with Gasteiger partial charge in [-0.15, -0.1) is 0 Å². The number of aromatic nitrogens is 1. The number of rotatable bonds is 5. The second kappa shape index (κ2) is 4.08. The Bertz CT molecular complexity index is 522. The second-order valence-electron chi connectivity index (χ2n) is 4.10. The Hall–Kier alpha value is -1.47. The molecule has 6 nitrogen and oxygen atoms in total. The minimum atomic E-state index is -3.66. The van der Waals surface area contributed by atoms with Crippen molar-refractivity contribution in [3.8, 4) is 0 Å². The predicted molar refractivity (Wildman–Crippen MR) is 58.7 cm³/mol. The molecule has 0 unspecified atom stereocenters. The van der Waals surface area contributed by atoms with Crippen molar-refractivity contribution in [3.63, 3.8) is 0 Å². The minimum Gasteiger partial charge on any atom is -0.481 e. The van der Waals surface area contributed by atoms with Crippen LogP contribution in [0.2, 0.25) is 0 Å². The Morgan fingerprint density at radius 2 is 2.24 bits per heavy atom. The Morgan fingerprint density at radius 1 is 1.53 bits per heavy atom. The molecular weight excluding hydrogens is 244 g/mol. The summed E-state index contributed by atoms with van der Waals surface area (Å²) in [5.41, 5.74) is -0.907. The van der Waals surface area contributed by atoms with Crippen LogP contribution in [-0.4, -0.2) is 31.0 Å². The smallest absolute Gasteiger partial charge is 0.310 e. The van der Waals surface area contributed by atoms with E-state index in [0.29, 0.717) is 12.8 Å². The molecule has 1 saturated carbocycles. The van der Waals surface area contributed by atoms with Gasteiger partial charge in [-0.1, -0.05) is 0 Å². The third-order valence-corrected chi connectivity index (χ3v) is 4.24. The van der Waals surface area contributed by atoms with Crippen LogP contribution in [0.5, 0.6) is 0 Å². The number of hydrogen-bond donors (Lipinski definition) is 2. The van der Waals surface area contributed by atoms with E-state index >= 15 is 0 Å². The normalized spacial score (nSPS) is 17.6. The van der Waals surface area contributed by atoms with Gasteiger partial charge in [-0.2, -0.15) is 0 Å². The first-order valence-corrected chi connectivity index (χ1v) is 6.58. The number of carbonyl (C=O) groups is 1. The first kappa shape index (κ1) is 12.0. The minimum absolute atomic E-state index is 0.0428. The Labute approximate surface area is 98.7 Å². The van der Waals surface area contributed by atoms with Crippen molar-refractivity contribution in [1.29, 1.82) is 0 Å². The molecule has 0 saturated heterocycles. The highest BCUT2D eigenvalue weighted by Crippen LogP contribution is 2.45. The van der Waals surface area contributed by atoms with Crippen LogP contribution in [0.1, 0.15) is 12.8 Å². The predicted octanol–water partition coefficient (Wildman–Crippen LogP) is 0.225. The Morgan fingerprint density at radius 3 is 2.71 bits per heavy atom. The number of sulfonamides is 1. The highest BCUT2D eigenvalue weighted by Gasteiger charge is 2.50. The molecule has 2 N–H and O–H groups in total. The standard InChI is InChI=1S/C10H12N2O4S/c13-9(14)10(3-4-10)7-12-17(15,16)8-2-1-5-11-6-8/h1-2,5-6,12H,3-4,7H2,(H,13,14). The van der Waals surface area contributed by atoms with Crippen LogP contribution in [0.15, 0.2) is 29.4 Å². The lowest BCUT2D eigenvalue weighted by Gasteiger charge is -2.11. The lowest BCUT2D eigenvalue weighted by molar-refractivity contribution is -0.143. The molecule has 1 fully saturated rings. The summed E-state index contributed by atoms with van der Waals surface area (Å²) in [6, 6.07) is 2.92. The number of nitrogens with one attached hydrogen (secondary N) is 1. The average Bonchev–Trinajstić information content (AvgIpc) is 3.09. The van der Waals surface area contributed by atoms with Gasteiger partial charge in [-0.25, -0.2) is 13.1 Å². The molecule has 0 amide bonds. The van der Waals surface area contributed by atoms with Crippen LogP contribution in [0.25, 0.3) is 0 Å². The molecule has 0 atom stereocenters. The molecule has 92 valence electrons. The summed E-state index contributed by atoms with van der Waals surface area (Å²) in [6.45, 7) is -0.0699. The quantitative estimate of drug-likeness (QED) is 0.785. The summed E-state index contributed by atoms with van der Waals surface area (Å²) < 4.78 is 25.9. The second-order valence-corrected chi connectivity index (χ2v) is 5.87. The van der Waals surface area contributed by atoms with Crippen LogP contribution >= 0.6 is 0 Å². The zero-order valence-electron chi connectivity index (χ0n) is 8.96. The first-order valence-electron chi connectivity index (χ1n) is 5.09. The monoisotopic (exact) mass is 256 g/mol. The fourth-order valence-corrected chi connectivity index (χ4v) is 2.53. The fourth-order valence-electron chi connectivity index (χ4n) is 1.44. The first-order chi connectivity index (χ1) is 7.96. The molecule has 0 bridgehead atoms. The molecule has 1 aromatic rings. The highest BCUT2D eigenvalue weighted by molar-refractivity contribution is 7.89. The summed E-state index contributed by atoms with van der Waals surface area (Å²) in [4.78, 5) is 14.6. The van der Waals surface area contributed by atoms with Gasteiger partial charge in [0, 0.05) is 18.9 Å². The summed E-state index contributed by atoms with van der Waals surface area (Å²) in [5, 5.41) is 8.92. The number of pyridine rings is 1. The maximum absolute atomic E-state index is 11.8. The Kier molecular flexibility index (Phi) is 2.88.